The summed E-state index contributed by atoms with van der Waals surface area (Å²) in [6, 6.07) is 12.1. The molecule has 1 unspecified atom stereocenters. The Morgan fingerprint density at radius 3 is 2.64 bits per heavy atom. The summed E-state index contributed by atoms with van der Waals surface area (Å²) in [6.07, 6.45) is 1.58. The standard InChI is InChI=1S/C17H19N3O2/c1-11(12(2)21-3)20-16-14-9-15(13-7-5-4-6-8-13)22-17(14)19-10-18-16/h4-12H,1-3H3,(H,18,19,20)/t11-,12?/m1/s1. The van der Waals surface area contributed by atoms with Gasteiger partial charge in [0.25, 0.3) is 0 Å². The number of fused-ring (bicyclic) bond motifs is 1. The first-order valence-electron chi connectivity index (χ1n) is 7.28. The molecule has 1 N–H and O–H groups in total. The van der Waals surface area contributed by atoms with E-state index in [0.717, 1.165) is 22.5 Å². The second kappa shape index (κ2) is 6.15. The monoisotopic (exact) mass is 297 g/mol. The van der Waals surface area contributed by atoms with Crippen LogP contribution in [0.3, 0.4) is 0 Å². The number of aromatic nitrogens is 2. The summed E-state index contributed by atoms with van der Waals surface area (Å²) in [4.78, 5) is 8.54. The van der Waals surface area contributed by atoms with Crippen LogP contribution in [0.25, 0.3) is 22.4 Å². The van der Waals surface area contributed by atoms with Gasteiger partial charge in [0.05, 0.1) is 17.5 Å². The predicted molar refractivity (Wildman–Crippen MR) is 86.8 cm³/mol. The Kier molecular flexibility index (Phi) is 4.06. The van der Waals surface area contributed by atoms with Gasteiger partial charge in [-0.15, -0.1) is 0 Å². The molecule has 0 fully saturated rings. The summed E-state index contributed by atoms with van der Waals surface area (Å²) in [6.45, 7) is 4.07. The van der Waals surface area contributed by atoms with Crippen LogP contribution >= 0.6 is 0 Å². The fraction of sp³-hybridized carbons (Fsp3) is 0.294. The average Bonchev–Trinajstić information content (AvgIpc) is 3.00. The molecule has 3 aromatic rings. The molecule has 0 saturated carbocycles. The van der Waals surface area contributed by atoms with Gasteiger partial charge < -0.3 is 14.5 Å². The van der Waals surface area contributed by atoms with Crippen molar-refractivity contribution in [1.82, 2.24) is 9.97 Å². The lowest BCUT2D eigenvalue weighted by Crippen LogP contribution is -2.30. The number of hydrogen-bond acceptors (Lipinski definition) is 5. The minimum Gasteiger partial charge on any atom is -0.438 e. The predicted octanol–water partition coefficient (Wildman–Crippen LogP) is 3.73. The minimum atomic E-state index is 0.0745. The maximum Gasteiger partial charge on any atom is 0.231 e. The molecule has 0 saturated heterocycles. The van der Waals surface area contributed by atoms with E-state index in [1.807, 2.05) is 43.3 Å². The van der Waals surface area contributed by atoms with Crippen molar-refractivity contribution in [2.75, 3.05) is 12.4 Å². The van der Waals surface area contributed by atoms with Crippen LogP contribution in [0, 0.1) is 0 Å². The number of nitrogens with one attached hydrogen (secondary N) is 1. The smallest absolute Gasteiger partial charge is 0.231 e. The Morgan fingerprint density at radius 1 is 1.14 bits per heavy atom. The summed E-state index contributed by atoms with van der Waals surface area (Å²) in [5.41, 5.74) is 1.60. The van der Waals surface area contributed by atoms with Crippen LogP contribution in [-0.4, -0.2) is 29.2 Å². The van der Waals surface area contributed by atoms with E-state index >= 15 is 0 Å². The maximum absolute atomic E-state index is 5.84. The zero-order valence-electron chi connectivity index (χ0n) is 12.9. The maximum atomic E-state index is 5.84. The van der Waals surface area contributed by atoms with Gasteiger partial charge in [-0.1, -0.05) is 30.3 Å². The third-order valence-electron chi connectivity index (χ3n) is 3.83. The molecule has 1 aromatic carbocycles. The van der Waals surface area contributed by atoms with Gasteiger partial charge in [0.15, 0.2) is 0 Å². The highest BCUT2D eigenvalue weighted by molar-refractivity contribution is 5.89. The average molecular weight is 297 g/mol. The van der Waals surface area contributed by atoms with E-state index in [-0.39, 0.29) is 12.1 Å². The summed E-state index contributed by atoms with van der Waals surface area (Å²) in [5.74, 6) is 1.54. The Morgan fingerprint density at radius 2 is 1.91 bits per heavy atom. The second-order valence-corrected chi connectivity index (χ2v) is 5.29. The number of hydrogen-bond donors (Lipinski definition) is 1. The molecule has 0 spiro atoms. The number of ether oxygens (including phenoxy) is 1. The van der Waals surface area contributed by atoms with E-state index < -0.39 is 0 Å². The summed E-state index contributed by atoms with van der Waals surface area (Å²) in [7, 11) is 1.70. The zero-order chi connectivity index (χ0) is 15.5. The minimum absolute atomic E-state index is 0.0745. The fourth-order valence-corrected chi connectivity index (χ4v) is 2.25. The molecule has 2 aromatic heterocycles. The quantitative estimate of drug-likeness (QED) is 0.777. The molecule has 0 bridgehead atoms. The van der Waals surface area contributed by atoms with Crippen LogP contribution in [0.4, 0.5) is 5.82 Å². The Balaban J connectivity index is 1.97. The third kappa shape index (κ3) is 2.80. The molecule has 0 amide bonds. The lowest BCUT2D eigenvalue weighted by Gasteiger charge is -2.20. The molecule has 2 heterocycles. The van der Waals surface area contributed by atoms with E-state index in [2.05, 4.69) is 22.2 Å². The number of rotatable bonds is 5. The van der Waals surface area contributed by atoms with Gasteiger partial charge in [-0.05, 0) is 19.9 Å². The van der Waals surface area contributed by atoms with E-state index in [9.17, 15) is 0 Å². The Labute approximate surface area is 129 Å². The van der Waals surface area contributed by atoms with Crippen LogP contribution in [-0.2, 0) is 4.74 Å². The van der Waals surface area contributed by atoms with E-state index in [4.69, 9.17) is 9.15 Å². The Hall–Kier alpha value is -2.40. The van der Waals surface area contributed by atoms with Crippen molar-refractivity contribution < 1.29 is 9.15 Å². The number of nitrogens with zero attached hydrogens (tertiary/aromatic N) is 2. The SMILES string of the molecule is COC(C)[C@@H](C)Nc1ncnc2oc(-c3ccccc3)cc12. The van der Waals surface area contributed by atoms with E-state index in [1.165, 1.54) is 6.33 Å². The van der Waals surface area contributed by atoms with Crippen LogP contribution < -0.4 is 5.32 Å². The van der Waals surface area contributed by atoms with Crippen molar-refractivity contribution in [1.29, 1.82) is 0 Å². The lowest BCUT2D eigenvalue weighted by atomic mass is 10.1. The van der Waals surface area contributed by atoms with Crippen molar-refractivity contribution in [3.05, 3.63) is 42.7 Å². The molecule has 2 atom stereocenters. The lowest BCUT2D eigenvalue weighted by molar-refractivity contribution is 0.106. The highest BCUT2D eigenvalue weighted by atomic mass is 16.5. The number of furan rings is 1. The van der Waals surface area contributed by atoms with Crippen LogP contribution in [0.2, 0.25) is 0 Å². The van der Waals surface area contributed by atoms with Gasteiger partial charge >= 0.3 is 0 Å². The first-order chi connectivity index (χ1) is 10.7. The van der Waals surface area contributed by atoms with Crippen molar-refractivity contribution in [2.45, 2.75) is 26.0 Å². The Bertz CT molecular complexity index is 755. The zero-order valence-corrected chi connectivity index (χ0v) is 12.9. The van der Waals surface area contributed by atoms with E-state index in [0.29, 0.717) is 5.71 Å². The van der Waals surface area contributed by atoms with Crippen molar-refractivity contribution in [2.24, 2.45) is 0 Å². The molecular formula is C17H19N3O2. The summed E-state index contributed by atoms with van der Waals surface area (Å²) < 4.78 is 11.2. The van der Waals surface area contributed by atoms with Crippen molar-refractivity contribution in [3.8, 4) is 11.3 Å². The molecule has 5 heteroatoms. The largest absolute Gasteiger partial charge is 0.438 e. The second-order valence-electron chi connectivity index (χ2n) is 5.29. The number of methoxy groups -OCH3 is 1. The first kappa shape index (κ1) is 14.5. The molecule has 0 aliphatic carbocycles. The van der Waals surface area contributed by atoms with Crippen molar-refractivity contribution >= 4 is 16.9 Å². The third-order valence-corrected chi connectivity index (χ3v) is 3.83. The molecule has 0 aliphatic rings. The molecule has 3 rings (SSSR count). The van der Waals surface area contributed by atoms with E-state index in [1.54, 1.807) is 7.11 Å². The van der Waals surface area contributed by atoms with Crippen LogP contribution in [0.15, 0.2) is 47.1 Å². The van der Waals surface area contributed by atoms with Crippen molar-refractivity contribution in [3.63, 3.8) is 0 Å². The van der Waals surface area contributed by atoms with Gasteiger partial charge in [0.1, 0.15) is 17.9 Å². The highest BCUT2D eigenvalue weighted by Crippen LogP contribution is 2.30. The number of anilines is 1. The summed E-state index contributed by atoms with van der Waals surface area (Å²) >= 11 is 0. The summed E-state index contributed by atoms with van der Waals surface area (Å²) in [5, 5.41) is 4.24. The topological polar surface area (TPSA) is 60.2 Å². The molecule has 0 aliphatic heterocycles. The molecule has 0 radical (unpaired) electrons. The first-order valence-corrected chi connectivity index (χ1v) is 7.28. The van der Waals surface area contributed by atoms with Gasteiger partial charge in [-0.3, -0.25) is 0 Å². The number of benzene rings is 1. The normalized spacial score (nSPS) is 14.0. The van der Waals surface area contributed by atoms with Gasteiger partial charge in [-0.2, -0.15) is 0 Å². The highest BCUT2D eigenvalue weighted by Gasteiger charge is 2.16. The van der Waals surface area contributed by atoms with Crippen LogP contribution in [0.1, 0.15) is 13.8 Å². The van der Waals surface area contributed by atoms with Gasteiger partial charge in [-0.25, -0.2) is 9.97 Å². The molecule has 5 nitrogen and oxygen atoms in total. The van der Waals surface area contributed by atoms with Crippen LogP contribution in [0.5, 0.6) is 0 Å². The molecular weight excluding hydrogens is 278 g/mol. The fourth-order valence-electron chi connectivity index (χ4n) is 2.25. The molecule has 22 heavy (non-hydrogen) atoms. The van der Waals surface area contributed by atoms with Gasteiger partial charge in [0, 0.05) is 12.7 Å². The van der Waals surface area contributed by atoms with Gasteiger partial charge in [0.2, 0.25) is 5.71 Å². The molecule has 114 valence electrons.